The Hall–Kier alpha value is -0.470. The second-order valence-electron chi connectivity index (χ2n) is 6.79. The Morgan fingerprint density at radius 1 is 1.20 bits per heavy atom. The summed E-state index contributed by atoms with van der Waals surface area (Å²) in [5.74, 6) is 1.81. The number of thioether (sulfide) groups is 1. The van der Waals surface area contributed by atoms with Crippen molar-refractivity contribution in [1.29, 1.82) is 0 Å². The Kier molecular flexibility index (Phi) is 4.72. The number of rotatable bonds is 3. The number of nitrogens with zero attached hydrogens (tertiary/aromatic N) is 1. The zero-order valence-corrected chi connectivity index (χ0v) is 13.7. The highest BCUT2D eigenvalue weighted by Gasteiger charge is 2.26. The molecule has 0 amide bonds. The van der Waals surface area contributed by atoms with Crippen molar-refractivity contribution in [2.45, 2.75) is 49.7 Å². The molecule has 0 aliphatic carbocycles. The zero-order chi connectivity index (χ0) is 13.9. The number of hydrogen-bond donors (Lipinski definition) is 0. The molecule has 1 nitrogen and oxygen atoms in total. The van der Waals surface area contributed by atoms with Crippen molar-refractivity contribution >= 4 is 11.8 Å². The van der Waals surface area contributed by atoms with Crippen LogP contribution in [0.15, 0.2) is 29.2 Å². The van der Waals surface area contributed by atoms with Gasteiger partial charge in [-0.15, -0.1) is 11.8 Å². The first kappa shape index (κ1) is 14.5. The molecular weight excluding hydrogens is 262 g/mol. The molecule has 1 aromatic carbocycles. The maximum Gasteiger partial charge on any atom is 0.0263 e. The van der Waals surface area contributed by atoms with Crippen LogP contribution in [0.4, 0.5) is 0 Å². The highest BCUT2D eigenvalue weighted by atomic mass is 32.2. The average Bonchev–Trinajstić information content (AvgIpc) is 2.68. The van der Waals surface area contributed by atoms with E-state index in [4.69, 9.17) is 0 Å². The van der Waals surface area contributed by atoms with Gasteiger partial charge in [-0.1, -0.05) is 32.0 Å². The molecule has 110 valence electrons. The Morgan fingerprint density at radius 2 is 2.05 bits per heavy atom. The topological polar surface area (TPSA) is 3.24 Å². The number of hydrogen-bond acceptors (Lipinski definition) is 2. The summed E-state index contributed by atoms with van der Waals surface area (Å²) in [4.78, 5) is 4.25. The smallest absolute Gasteiger partial charge is 0.0263 e. The van der Waals surface area contributed by atoms with Crippen LogP contribution >= 0.6 is 11.8 Å². The lowest BCUT2D eigenvalue weighted by atomic mass is 9.89. The standard InChI is InChI=1S/C18H27NS/c1-14(2)15-7-5-10-19(11-9-15)13-17-12-16-6-3-4-8-18(16)20-17/h3-4,6,8,14-15,17H,5,7,9-13H2,1-2H3. The maximum atomic E-state index is 2.73. The molecule has 1 saturated heterocycles. The van der Waals surface area contributed by atoms with Gasteiger partial charge in [0, 0.05) is 16.7 Å². The maximum absolute atomic E-state index is 2.73. The zero-order valence-electron chi connectivity index (χ0n) is 12.8. The SMILES string of the molecule is CC(C)C1CCCN(CC2Cc3ccccc3S2)CC1. The summed E-state index contributed by atoms with van der Waals surface area (Å²) in [6.07, 6.45) is 5.51. The molecule has 0 aromatic heterocycles. The third kappa shape index (κ3) is 3.40. The van der Waals surface area contributed by atoms with E-state index in [1.807, 2.05) is 0 Å². The van der Waals surface area contributed by atoms with Gasteiger partial charge in [-0.2, -0.15) is 0 Å². The van der Waals surface area contributed by atoms with Crippen molar-refractivity contribution in [3.05, 3.63) is 29.8 Å². The summed E-state index contributed by atoms with van der Waals surface area (Å²) in [6.45, 7) is 8.70. The van der Waals surface area contributed by atoms with E-state index in [-0.39, 0.29) is 0 Å². The van der Waals surface area contributed by atoms with Crippen molar-refractivity contribution in [2.24, 2.45) is 11.8 Å². The van der Waals surface area contributed by atoms with E-state index in [1.54, 1.807) is 5.56 Å². The summed E-state index contributed by atoms with van der Waals surface area (Å²) in [5, 5.41) is 0.781. The average molecular weight is 289 g/mol. The van der Waals surface area contributed by atoms with Crippen LogP contribution in [0.1, 0.15) is 38.7 Å². The lowest BCUT2D eigenvalue weighted by Gasteiger charge is -2.23. The molecule has 0 saturated carbocycles. The fourth-order valence-electron chi connectivity index (χ4n) is 3.67. The molecule has 3 rings (SSSR count). The van der Waals surface area contributed by atoms with Gasteiger partial charge >= 0.3 is 0 Å². The molecule has 2 atom stereocenters. The lowest BCUT2D eigenvalue weighted by molar-refractivity contribution is 0.273. The molecule has 1 fully saturated rings. The van der Waals surface area contributed by atoms with Crippen LogP contribution in [0.2, 0.25) is 0 Å². The summed E-state index contributed by atoms with van der Waals surface area (Å²) < 4.78 is 0. The minimum Gasteiger partial charge on any atom is -0.302 e. The van der Waals surface area contributed by atoms with E-state index in [0.29, 0.717) is 0 Å². The van der Waals surface area contributed by atoms with Crippen molar-refractivity contribution in [3.8, 4) is 0 Å². The predicted octanol–water partition coefficient (Wildman–Crippen LogP) is 4.46. The number of fused-ring (bicyclic) bond motifs is 1. The fraction of sp³-hybridized carbons (Fsp3) is 0.667. The van der Waals surface area contributed by atoms with Gasteiger partial charge in [0.2, 0.25) is 0 Å². The van der Waals surface area contributed by atoms with Gasteiger partial charge in [0.05, 0.1) is 0 Å². The molecule has 0 spiro atoms. The van der Waals surface area contributed by atoms with Crippen LogP contribution in [0.25, 0.3) is 0 Å². The van der Waals surface area contributed by atoms with Crippen LogP contribution in [-0.4, -0.2) is 29.8 Å². The number of likely N-dealkylation sites (tertiary alicyclic amines) is 1. The Labute approximate surface area is 128 Å². The van der Waals surface area contributed by atoms with E-state index in [1.165, 1.54) is 50.2 Å². The van der Waals surface area contributed by atoms with Crippen LogP contribution in [0.3, 0.4) is 0 Å². The van der Waals surface area contributed by atoms with Crippen molar-refractivity contribution in [3.63, 3.8) is 0 Å². The molecule has 20 heavy (non-hydrogen) atoms. The third-order valence-corrected chi connectivity index (χ3v) is 6.29. The van der Waals surface area contributed by atoms with Crippen molar-refractivity contribution in [2.75, 3.05) is 19.6 Å². The number of benzene rings is 1. The molecule has 2 heteroatoms. The Bertz CT molecular complexity index is 418. The molecule has 0 N–H and O–H groups in total. The third-order valence-electron chi connectivity index (χ3n) is 4.98. The second-order valence-corrected chi connectivity index (χ2v) is 8.13. The quantitative estimate of drug-likeness (QED) is 0.808. The molecule has 1 aromatic rings. The van der Waals surface area contributed by atoms with E-state index in [9.17, 15) is 0 Å². The molecule has 2 aliphatic rings. The summed E-state index contributed by atoms with van der Waals surface area (Å²) >= 11 is 2.10. The summed E-state index contributed by atoms with van der Waals surface area (Å²) in [5.41, 5.74) is 1.57. The minimum absolute atomic E-state index is 0.781. The van der Waals surface area contributed by atoms with Crippen LogP contribution < -0.4 is 0 Å². The largest absolute Gasteiger partial charge is 0.302 e. The molecule has 2 aliphatic heterocycles. The van der Waals surface area contributed by atoms with Gasteiger partial charge in [-0.3, -0.25) is 0 Å². The molecule has 0 bridgehead atoms. The highest BCUT2D eigenvalue weighted by Crippen LogP contribution is 2.37. The molecule has 0 radical (unpaired) electrons. The minimum atomic E-state index is 0.781. The molecule has 2 heterocycles. The van der Waals surface area contributed by atoms with Gasteiger partial charge < -0.3 is 4.90 Å². The molecule has 2 unspecified atom stereocenters. The Balaban J connectivity index is 1.52. The van der Waals surface area contributed by atoms with Crippen molar-refractivity contribution < 1.29 is 0 Å². The first-order chi connectivity index (χ1) is 9.72. The predicted molar refractivity (Wildman–Crippen MR) is 88.4 cm³/mol. The van der Waals surface area contributed by atoms with Gasteiger partial charge in [0.25, 0.3) is 0 Å². The molecular formula is C18H27NS. The van der Waals surface area contributed by atoms with Gasteiger partial charge in [-0.25, -0.2) is 0 Å². The van der Waals surface area contributed by atoms with E-state index >= 15 is 0 Å². The van der Waals surface area contributed by atoms with Crippen molar-refractivity contribution in [1.82, 2.24) is 4.90 Å². The van der Waals surface area contributed by atoms with Gasteiger partial charge in [0.15, 0.2) is 0 Å². The van der Waals surface area contributed by atoms with E-state index in [0.717, 1.165) is 17.1 Å². The Morgan fingerprint density at radius 3 is 2.85 bits per heavy atom. The van der Waals surface area contributed by atoms with Crippen LogP contribution in [-0.2, 0) is 6.42 Å². The first-order valence-corrected chi connectivity index (χ1v) is 9.07. The summed E-state index contributed by atoms with van der Waals surface area (Å²) in [6, 6.07) is 8.95. The normalized spacial score (nSPS) is 27.6. The van der Waals surface area contributed by atoms with Crippen LogP contribution in [0, 0.1) is 11.8 Å². The van der Waals surface area contributed by atoms with E-state index < -0.39 is 0 Å². The lowest BCUT2D eigenvalue weighted by Crippen LogP contribution is -2.32. The second kappa shape index (κ2) is 6.53. The van der Waals surface area contributed by atoms with Crippen LogP contribution in [0.5, 0.6) is 0 Å². The van der Waals surface area contributed by atoms with E-state index in [2.05, 4.69) is 54.8 Å². The monoisotopic (exact) mass is 289 g/mol. The fourth-order valence-corrected chi connectivity index (χ4v) is 5.04. The summed E-state index contributed by atoms with van der Waals surface area (Å²) in [7, 11) is 0. The first-order valence-electron chi connectivity index (χ1n) is 8.19. The highest BCUT2D eigenvalue weighted by molar-refractivity contribution is 8.00. The van der Waals surface area contributed by atoms with Gasteiger partial charge in [0.1, 0.15) is 0 Å². The van der Waals surface area contributed by atoms with Gasteiger partial charge in [-0.05, 0) is 62.2 Å².